The molecule has 1 saturated carbocycles. The van der Waals surface area contributed by atoms with Gasteiger partial charge < -0.3 is 9.15 Å². The maximum Gasteiger partial charge on any atom is 0.229 e. The van der Waals surface area contributed by atoms with Crippen molar-refractivity contribution in [2.24, 2.45) is 0 Å². The summed E-state index contributed by atoms with van der Waals surface area (Å²) < 4.78 is 24.5. The fourth-order valence-corrected chi connectivity index (χ4v) is 3.17. The average Bonchev–Trinajstić information content (AvgIpc) is 2.75. The second-order valence-electron chi connectivity index (χ2n) is 5.73. The molecule has 4 heteroatoms. The zero-order chi connectivity index (χ0) is 14.9. The van der Waals surface area contributed by atoms with Crippen LogP contribution < -0.4 is 0 Å². The number of carbonyl (C=O) groups is 1. The van der Waals surface area contributed by atoms with Gasteiger partial charge in [-0.1, -0.05) is 25.7 Å². The van der Waals surface area contributed by atoms with Gasteiger partial charge in [0.1, 0.15) is 17.0 Å². The van der Waals surface area contributed by atoms with E-state index in [0.717, 1.165) is 25.7 Å². The molecule has 1 heterocycles. The number of Topliss-reactive ketones (excluding diaryl/α,β-unsaturated/α-hetero) is 1. The molecule has 0 aliphatic heterocycles. The number of ketones is 1. The number of furan rings is 1. The van der Waals surface area contributed by atoms with Crippen molar-refractivity contribution in [3.05, 3.63) is 35.8 Å². The van der Waals surface area contributed by atoms with Gasteiger partial charge in [-0.25, -0.2) is 4.39 Å². The Bertz CT molecular complexity index is 651. The van der Waals surface area contributed by atoms with Crippen molar-refractivity contribution in [3.63, 3.8) is 0 Å². The minimum absolute atomic E-state index is 0.122. The number of methoxy groups -OCH3 is 1. The summed E-state index contributed by atoms with van der Waals surface area (Å²) in [6.45, 7) is 0. The third-order valence-electron chi connectivity index (χ3n) is 4.42. The van der Waals surface area contributed by atoms with Gasteiger partial charge in [0.15, 0.2) is 5.76 Å². The zero-order valence-electron chi connectivity index (χ0n) is 12.2. The van der Waals surface area contributed by atoms with Crippen molar-refractivity contribution in [2.45, 2.75) is 44.1 Å². The van der Waals surface area contributed by atoms with E-state index in [1.807, 2.05) is 0 Å². The summed E-state index contributed by atoms with van der Waals surface area (Å²) in [6.07, 6.45) is 5.65. The number of hydrogen-bond donors (Lipinski definition) is 0. The van der Waals surface area contributed by atoms with Crippen molar-refractivity contribution in [3.8, 4) is 0 Å². The number of hydrogen-bond acceptors (Lipinski definition) is 3. The first-order valence-corrected chi connectivity index (χ1v) is 7.44. The smallest absolute Gasteiger partial charge is 0.229 e. The Kier molecular flexibility index (Phi) is 3.81. The van der Waals surface area contributed by atoms with Crippen molar-refractivity contribution in [2.75, 3.05) is 7.11 Å². The van der Waals surface area contributed by atoms with Crippen molar-refractivity contribution >= 4 is 16.8 Å². The van der Waals surface area contributed by atoms with E-state index in [1.165, 1.54) is 12.1 Å². The Morgan fingerprint density at radius 2 is 1.90 bits per heavy atom. The Labute approximate surface area is 123 Å². The molecule has 0 atom stereocenters. The standard InChI is InChI=1S/C17H19FO3/c1-20-17(8-4-2-3-5-9-17)16(19)15-11-12-10-13(18)6-7-14(12)21-15/h6-7,10-11H,2-5,8-9H2,1H3. The van der Waals surface area contributed by atoms with Gasteiger partial charge in [-0.3, -0.25) is 4.79 Å². The van der Waals surface area contributed by atoms with Crippen LogP contribution in [0, 0.1) is 5.82 Å². The van der Waals surface area contributed by atoms with Crippen LogP contribution in [0.1, 0.15) is 49.1 Å². The third kappa shape index (κ3) is 2.60. The Morgan fingerprint density at radius 3 is 2.57 bits per heavy atom. The number of carbonyl (C=O) groups excluding carboxylic acids is 1. The molecule has 0 saturated heterocycles. The number of halogens is 1. The van der Waals surface area contributed by atoms with E-state index in [2.05, 4.69) is 0 Å². The summed E-state index contributed by atoms with van der Waals surface area (Å²) in [7, 11) is 1.59. The van der Waals surface area contributed by atoms with Crippen LogP contribution in [0.3, 0.4) is 0 Å². The highest BCUT2D eigenvalue weighted by atomic mass is 19.1. The SMILES string of the molecule is COC1(C(=O)c2cc3cc(F)ccc3o2)CCCCCC1. The van der Waals surface area contributed by atoms with Crippen LogP contribution in [-0.2, 0) is 4.74 Å². The van der Waals surface area contributed by atoms with Crippen LogP contribution >= 0.6 is 0 Å². The lowest BCUT2D eigenvalue weighted by molar-refractivity contribution is -0.00875. The predicted molar refractivity (Wildman–Crippen MR) is 77.9 cm³/mol. The maximum atomic E-state index is 13.2. The summed E-state index contributed by atoms with van der Waals surface area (Å²) in [4.78, 5) is 12.8. The summed E-state index contributed by atoms with van der Waals surface area (Å²) in [5.41, 5.74) is -0.261. The molecule has 3 nitrogen and oxygen atoms in total. The molecule has 112 valence electrons. The molecule has 0 bridgehead atoms. The number of rotatable bonds is 3. The molecule has 1 aromatic carbocycles. The number of benzene rings is 1. The molecule has 1 aliphatic carbocycles. The average molecular weight is 290 g/mol. The summed E-state index contributed by atoms with van der Waals surface area (Å²) >= 11 is 0. The molecule has 0 unspecified atom stereocenters. The fourth-order valence-electron chi connectivity index (χ4n) is 3.17. The van der Waals surface area contributed by atoms with Crippen LogP contribution in [0.25, 0.3) is 11.0 Å². The van der Waals surface area contributed by atoms with E-state index in [1.54, 1.807) is 19.2 Å². The number of ether oxygens (including phenoxy) is 1. The molecule has 0 radical (unpaired) electrons. The second kappa shape index (κ2) is 5.60. The van der Waals surface area contributed by atoms with E-state index < -0.39 is 5.60 Å². The lowest BCUT2D eigenvalue weighted by atomic mass is 9.88. The van der Waals surface area contributed by atoms with Gasteiger partial charge in [0.05, 0.1) is 0 Å². The van der Waals surface area contributed by atoms with Crippen LogP contribution in [0.5, 0.6) is 0 Å². The molecule has 1 aliphatic rings. The largest absolute Gasteiger partial charge is 0.453 e. The zero-order valence-corrected chi connectivity index (χ0v) is 12.2. The summed E-state index contributed by atoms with van der Waals surface area (Å²) in [5.74, 6) is -0.193. The first kappa shape index (κ1) is 14.3. The van der Waals surface area contributed by atoms with Crippen molar-refractivity contribution < 1.29 is 18.3 Å². The van der Waals surface area contributed by atoms with Crippen LogP contribution in [0.15, 0.2) is 28.7 Å². The van der Waals surface area contributed by atoms with Gasteiger partial charge in [0, 0.05) is 12.5 Å². The molecule has 0 N–H and O–H groups in total. The third-order valence-corrected chi connectivity index (χ3v) is 4.42. The second-order valence-corrected chi connectivity index (χ2v) is 5.73. The maximum absolute atomic E-state index is 13.2. The van der Waals surface area contributed by atoms with Gasteiger partial charge in [0.25, 0.3) is 0 Å². The fraction of sp³-hybridized carbons (Fsp3) is 0.471. The van der Waals surface area contributed by atoms with Gasteiger partial charge in [-0.15, -0.1) is 0 Å². The molecule has 1 fully saturated rings. The molecular formula is C17H19FO3. The van der Waals surface area contributed by atoms with Gasteiger partial charge in [-0.2, -0.15) is 0 Å². The number of fused-ring (bicyclic) bond motifs is 1. The molecule has 1 aromatic heterocycles. The van der Waals surface area contributed by atoms with Gasteiger partial charge in [-0.05, 0) is 37.1 Å². The van der Waals surface area contributed by atoms with Crippen LogP contribution in [0.4, 0.5) is 4.39 Å². The Morgan fingerprint density at radius 1 is 1.19 bits per heavy atom. The minimum atomic E-state index is -0.789. The molecule has 2 aromatic rings. The van der Waals surface area contributed by atoms with Gasteiger partial charge >= 0.3 is 0 Å². The molecule has 21 heavy (non-hydrogen) atoms. The first-order chi connectivity index (χ1) is 10.1. The molecular weight excluding hydrogens is 271 g/mol. The Hall–Kier alpha value is -1.68. The van der Waals surface area contributed by atoms with Crippen molar-refractivity contribution in [1.82, 2.24) is 0 Å². The van der Waals surface area contributed by atoms with E-state index in [-0.39, 0.29) is 17.4 Å². The normalized spacial score (nSPS) is 18.6. The molecule has 0 spiro atoms. The van der Waals surface area contributed by atoms with E-state index in [0.29, 0.717) is 23.8 Å². The highest BCUT2D eigenvalue weighted by Gasteiger charge is 2.40. The molecule has 0 amide bonds. The quantitative estimate of drug-likeness (QED) is 0.617. The topological polar surface area (TPSA) is 39.4 Å². The highest BCUT2D eigenvalue weighted by molar-refractivity contribution is 6.03. The Balaban J connectivity index is 1.97. The van der Waals surface area contributed by atoms with Crippen LogP contribution in [-0.4, -0.2) is 18.5 Å². The minimum Gasteiger partial charge on any atom is -0.453 e. The van der Waals surface area contributed by atoms with E-state index in [9.17, 15) is 9.18 Å². The van der Waals surface area contributed by atoms with Crippen molar-refractivity contribution in [1.29, 1.82) is 0 Å². The summed E-state index contributed by atoms with van der Waals surface area (Å²) in [5, 5.41) is 0.609. The lowest BCUT2D eigenvalue weighted by Crippen LogP contribution is -2.40. The van der Waals surface area contributed by atoms with E-state index >= 15 is 0 Å². The summed E-state index contributed by atoms with van der Waals surface area (Å²) in [6, 6.07) is 5.88. The van der Waals surface area contributed by atoms with Crippen LogP contribution in [0.2, 0.25) is 0 Å². The van der Waals surface area contributed by atoms with E-state index in [4.69, 9.17) is 9.15 Å². The molecule has 3 rings (SSSR count). The highest BCUT2D eigenvalue weighted by Crippen LogP contribution is 2.34. The predicted octanol–water partition coefficient (Wildman–Crippen LogP) is 4.49. The lowest BCUT2D eigenvalue weighted by Gasteiger charge is -2.28. The monoisotopic (exact) mass is 290 g/mol. The first-order valence-electron chi connectivity index (χ1n) is 7.44. The van der Waals surface area contributed by atoms with Gasteiger partial charge in [0.2, 0.25) is 5.78 Å².